The number of carbonyl (C=O) groups excluding carboxylic acids is 2. The lowest BCUT2D eigenvalue weighted by Crippen LogP contribution is -2.42. The summed E-state index contributed by atoms with van der Waals surface area (Å²) in [4.78, 5) is 29.6. The summed E-state index contributed by atoms with van der Waals surface area (Å²) in [6, 6.07) is 3.35. The molecule has 0 saturated carbocycles. The molecule has 0 radical (unpaired) electrons. The highest BCUT2D eigenvalue weighted by atomic mass is 19.1. The summed E-state index contributed by atoms with van der Waals surface area (Å²) in [6.07, 6.45) is 6.40. The van der Waals surface area contributed by atoms with Gasteiger partial charge in [-0.3, -0.25) is 4.79 Å². The predicted octanol–water partition coefficient (Wildman–Crippen LogP) is 5.28. The van der Waals surface area contributed by atoms with Gasteiger partial charge < -0.3 is 14.5 Å². The van der Waals surface area contributed by atoms with Crippen molar-refractivity contribution in [1.82, 2.24) is 19.6 Å². The molecule has 7 nitrogen and oxygen atoms in total. The van der Waals surface area contributed by atoms with Gasteiger partial charge in [-0.2, -0.15) is 5.10 Å². The minimum Gasteiger partial charge on any atom is -0.444 e. The van der Waals surface area contributed by atoms with Crippen LogP contribution in [0.1, 0.15) is 81.3 Å². The molecule has 2 aliphatic heterocycles. The summed E-state index contributed by atoms with van der Waals surface area (Å²) < 4.78 is 35.3. The van der Waals surface area contributed by atoms with E-state index in [0.29, 0.717) is 50.3 Å². The summed E-state index contributed by atoms with van der Waals surface area (Å²) in [6.45, 7) is 7.76. The van der Waals surface area contributed by atoms with Gasteiger partial charge in [0.25, 0.3) is 5.91 Å². The Morgan fingerprint density at radius 3 is 2.23 bits per heavy atom. The summed E-state index contributed by atoms with van der Waals surface area (Å²) >= 11 is 0. The Morgan fingerprint density at radius 2 is 1.63 bits per heavy atom. The smallest absolute Gasteiger partial charge is 0.410 e. The van der Waals surface area contributed by atoms with E-state index in [2.05, 4.69) is 5.10 Å². The largest absolute Gasteiger partial charge is 0.444 e. The van der Waals surface area contributed by atoms with E-state index in [1.165, 1.54) is 23.0 Å². The number of carbonyl (C=O) groups is 2. The Balaban J connectivity index is 1.64. The fraction of sp³-hybridized carbons (Fsp3) is 0.577. The van der Waals surface area contributed by atoms with Crippen LogP contribution in [0, 0.1) is 11.6 Å². The second-order valence-electron chi connectivity index (χ2n) is 10.4. The van der Waals surface area contributed by atoms with E-state index in [0.717, 1.165) is 31.7 Å². The van der Waals surface area contributed by atoms with Crippen molar-refractivity contribution < 1.29 is 23.1 Å². The standard InChI is InChI=1S/C26H34F2N4O3/c1-26(2,3)35-25(34)31-14-10-18(11-15-31)23-20(24(33)30-12-6-4-5-7-13-30)17-29-32(23)22-9-8-19(27)16-21(22)28/h8-9,16-18H,4-7,10-15H2,1-3H3. The first-order valence-corrected chi connectivity index (χ1v) is 12.4. The van der Waals surface area contributed by atoms with Gasteiger partial charge in [-0.1, -0.05) is 12.8 Å². The third-order valence-electron chi connectivity index (χ3n) is 6.60. The van der Waals surface area contributed by atoms with Gasteiger partial charge in [-0.15, -0.1) is 0 Å². The van der Waals surface area contributed by atoms with Crippen molar-refractivity contribution >= 4 is 12.0 Å². The van der Waals surface area contributed by atoms with Gasteiger partial charge in [0.2, 0.25) is 0 Å². The lowest BCUT2D eigenvalue weighted by Gasteiger charge is -2.34. The van der Waals surface area contributed by atoms with Crippen molar-refractivity contribution in [2.75, 3.05) is 26.2 Å². The zero-order valence-corrected chi connectivity index (χ0v) is 20.7. The van der Waals surface area contributed by atoms with Gasteiger partial charge in [-0.25, -0.2) is 18.3 Å². The highest BCUT2D eigenvalue weighted by molar-refractivity contribution is 5.95. The normalized spacial score (nSPS) is 17.9. The van der Waals surface area contributed by atoms with Crippen LogP contribution in [0.25, 0.3) is 5.69 Å². The van der Waals surface area contributed by atoms with Crippen LogP contribution in [0.2, 0.25) is 0 Å². The summed E-state index contributed by atoms with van der Waals surface area (Å²) in [5.41, 5.74) is 0.588. The van der Waals surface area contributed by atoms with E-state index in [9.17, 15) is 18.4 Å². The zero-order chi connectivity index (χ0) is 25.2. The van der Waals surface area contributed by atoms with Crippen molar-refractivity contribution in [3.8, 4) is 5.69 Å². The molecule has 35 heavy (non-hydrogen) atoms. The van der Waals surface area contributed by atoms with Crippen LogP contribution >= 0.6 is 0 Å². The van der Waals surface area contributed by atoms with E-state index < -0.39 is 17.2 Å². The summed E-state index contributed by atoms with van der Waals surface area (Å²) in [5, 5.41) is 4.40. The van der Waals surface area contributed by atoms with Gasteiger partial charge in [0.15, 0.2) is 5.82 Å². The third kappa shape index (κ3) is 5.82. The van der Waals surface area contributed by atoms with E-state index in [1.54, 1.807) is 4.90 Å². The number of amides is 2. The maximum absolute atomic E-state index is 14.8. The molecule has 1 aromatic heterocycles. The topological polar surface area (TPSA) is 67.7 Å². The average molecular weight is 489 g/mol. The second kappa shape index (κ2) is 10.3. The minimum atomic E-state index is -0.741. The fourth-order valence-corrected chi connectivity index (χ4v) is 4.87. The number of aromatic nitrogens is 2. The molecule has 2 aromatic rings. The molecule has 0 N–H and O–H groups in total. The Kier molecular flexibility index (Phi) is 7.42. The van der Waals surface area contributed by atoms with Gasteiger partial charge in [0, 0.05) is 38.2 Å². The average Bonchev–Trinajstić information content (AvgIpc) is 3.04. The van der Waals surface area contributed by atoms with Crippen LogP contribution in [0.4, 0.5) is 13.6 Å². The first-order valence-electron chi connectivity index (χ1n) is 12.4. The van der Waals surface area contributed by atoms with E-state index >= 15 is 0 Å². The molecule has 2 fully saturated rings. The number of rotatable bonds is 3. The molecule has 2 amide bonds. The number of halogens is 2. The van der Waals surface area contributed by atoms with Crippen LogP contribution in [-0.2, 0) is 4.74 Å². The van der Waals surface area contributed by atoms with Gasteiger partial charge in [-0.05, 0) is 58.6 Å². The molecule has 0 bridgehead atoms. The Morgan fingerprint density at radius 1 is 0.971 bits per heavy atom. The minimum absolute atomic E-state index is 0.103. The number of hydrogen-bond donors (Lipinski definition) is 0. The molecule has 1 aromatic carbocycles. The van der Waals surface area contributed by atoms with E-state index in [1.807, 2.05) is 25.7 Å². The highest BCUT2D eigenvalue weighted by Gasteiger charge is 2.33. The van der Waals surface area contributed by atoms with Gasteiger partial charge in [0.05, 0.1) is 17.5 Å². The quantitative estimate of drug-likeness (QED) is 0.590. The molecule has 0 unspecified atom stereocenters. The van der Waals surface area contributed by atoms with Crippen molar-refractivity contribution in [3.05, 3.63) is 47.3 Å². The zero-order valence-electron chi connectivity index (χ0n) is 20.7. The number of likely N-dealkylation sites (tertiary alicyclic amines) is 2. The molecule has 0 spiro atoms. The first kappa shape index (κ1) is 25.1. The molecular weight excluding hydrogens is 454 g/mol. The van der Waals surface area contributed by atoms with Crippen LogP contribution in [0.15, 0.2) is 24.4 Å². The van der Waals surface area contributed by atoms with Crippen molar-refractivity contribution in [2.24, 2.45) is 0 Å². The van der Waals surface area contributed by atoms with Crippen LogP contribution < -0.4 is 0 Å². The number of benzene rings is 1. The number of nitrogens with zero attached hydrogens (tertiary/aromatic N) is 4. The van der Waals surface area contributed by atoms with E-state index in [4.69, 9.17) is 4.74 Å². The number of piperidine rings is 1. The molecule has 0 aliphatic carbocycles. The fourth-order valence-electron chi connectivity index (χ4n) is 4.87. The van der Waals surface area contributed by atoms with Crippen LogP contribution in [-0.4, -0.2) is 63.4 Å². The Bertz CT molecular complexity index is 1060. The molecule has 4 rings (SSSR count). The number of hydrogen-bond acceptors (Lipinski definition) is 4. The highest BCUT2D eigenvalue weighted by Crippen LogP contribution is 2.34. The molecule has 2 aliphatic rings. The first-order chi connectivity index (χ1) is 16.6. The predicted molar refractivity (Wildman–Crippen MR) is 128 cm³/mol. The van der Waals surface area contributed by atoms with E-state index in [-0.39, 0.29) is 23.6 Å². The molecule has 3 heterocycles. The third-order valence-corrected chi connectivity index (χ3v) is 6.60. The van der Waals surface area contributed by atoms with Crippen molar-refractivity contribution in [3.63, 3.8) is 0 Å². The summed E-state index contributed by atoms with van der Waals surface area (Å²) in [5.74, 6) is -1.64. The Hall–Kier alpha value is -2.97. The Labute approximate surface area is 205 Å². The molecule has 190 valence electrons. The van der Waals surface area contributed by atoms with Crippen molar-refractivity contribution in [2.45, 2.75) is 70.8 Å². The number of ether oxygens (including phenoxy) is 1. The summed E-state index contributed by atoms with van der Waals surface area (Å²) in [7, 11) is 0. The molecular formula is C26H34F2N4O3. The lowest BCUT2D eigenvalue weighted by atomic mass is 9.90. The van der Waals surface area contributed by atoms with Crippen LogP contribution in [0.3, 0.4) is 0 Å². The lowest BCUT2D eigenvalue weighted by molar-refractivity contribution is 0.0203. The maximum Gasteiger partial charge on any atom is 0.410 e. The molecule has 9 heteroatoms. The van der Waals surface area contributed by atoms with Gasteiger partial charge >= 0.3 is 6.09 Å². The molecule has 2 saturated heterocycles. The maximum atomic E-state index is 14.8. The monoisotopic (exact) mass is 488 g/mol. The van der Waals surface area contributed by atoms with Crippen molar-refractivity contribution in [1.29, 1.82) is 0 Å². The van der Waals surface area contributed by atoms with Gasteiger partial charge in [0.1, 0.15) is 17.1 Å². The van der Waals surface area contributed by atoms with Crippen LogP contribution in [0.5, 0.6) is 0 Å². The second-order valence-corrected chi connectivity index (χ2v) is 10.4. The molecule has 0 atom stereocenters. The SMILES string of the molecule is CC(C)(C)OC(=O)N1CCC(c2c(C(=O)N3CCCCCC3)cnn2-c2ccc(F)cc2F)CC1.